The Bertz CT molecular complexity index is 1080. The Balaban J connectivity index is 1.74. The predicted molar refractivity (Wildman–Crippen MR) is 116 cm³/mol. The van der Waals surface area contributed by atoms with Gasteiger partial charge in [0, 0.05) is 24.7 Å². The number of aromatic nitrogens is 4. The minimum absolute atomic E-state index is 0.307. The van der Waals surface area contributed by atoms with Gasteiger partial charge in [-0.2, -0.15) is 4.98 Å². The summed E-state index contributed by atoms with van der Waals surface area (Å²) in [7, 11) is 0. The lowest BCUT2D eigenvalue weighted by molar-refractivity contribution is 0.122. The van der Waals surface area contributed by atoms with Gasteiger partial charge in [0.2, 0.25) is 5.95 Å². The molecular formula is C23H27N5O. The van der Waals surface area contributed by atoms with Crippen LogP contribution in [0.2, 0.25) is 0 Å². The van der Waals surface area contributed by atoms with Crippen LogP contribution in [0.15, 0.2) is 30.6 Å². The third-order valence-electron chi connectivity index (χ3n) is 6.18. The average Bonchev–Trinajstić information content (AvgIpc) is 3.40. The monoisotopic (exact) mass is 389 g/mol. The van der Waals surface area contributed by atoms with E-state index in [1.54, 1.807) is 0 Å². The molecule has 1 aliphatic carbocycles. The number of nitrogens with zero attached hydrogens (tertiary/aromatic N) is 5. The van der Waals surface area contributed by atoms with Gasteiger partial charge in [-0.1, -0.05) is 44.2 Å². The minimum atomic E-state index is 0.307. The number of morpholine rings is 1. The van der Waals surface area contributed by atoms with E-state index in [4.69, 9.17) is 19.7 Å². The van der Waals surface area contributed by atoms with E-state index in [1.807, 2.05) is 6.33 Å². The zero-order valence-corrected chi connectivity index (χ0v) is 17.3. The van der Waals surface area contributed by atoms with E-state index in [9.17, 15) is 0 Å². The lowest BCUT2D eigenvalue weighted by atomic mass is 10.00. The smallest absolute Gasteiger partial charge is 0.228 e. The topological polar surface area (TPSA) is 56.1 Å². The molecule has 3 aromatic rings. The summed E-state index contributed by atoms with van der Waals surface area (Å²) >= 11 is 0. The van der Waals surface area contributed by atoms with Gasteiger partial charge in [0.15, 0.2) is 5.65 Å². The van der Waals surface area contributed by atoms with Gasteiger partial charge < -0.3 is 14.2 Å². The summed E-state index contributed by atoms with van der Waals surface area (Å²) < 4.78 is 7.74. The molecule has 1 unspecified atom stereocenters. The number of hydrogen-bond acceptors (Lipinski definition) is 5. The molecule has 150 valence electrons. The largest absolute Gasteiger partial charge is 0.378 e. The molecule has 2 aromatic heterocycles. The number of allylic oxidation sites excluding steroid dienone is 1. The number of fused-ring (bicyclic) bond motifs is 2. The number of ether oxygens (including phenoxy) is 1. The van der Waals surface area contributed by atoms with Crippen LogP contribution in [0, 0.1) is 5.92 Å². The molecule has 2 aliphatic rings. The second kappa shape index (κ2) is 7.26. The van der Waals surface area contributed by atoms with Crippen LogP contribution in [0.4, 0.5) is 5.95 Å². The lowest BCUT2D eigenvalue weighted by Crippen LogP contribution is -2.37. The standard InChI is InChI=1S/C23H27N5O/c1-15(2)16(3)28-14-24-21-20(19-9-5-7-17-6-4-8-18(17)19)25-23(26-22(21)28)27-10-12-29-13-11-27/h4-5,7-9,14-16H,6,10-13H2,1-3H3. The molecule has 0 spiro atoms. The van der Waals surface area contributed by atoms with Gasteiger partial charge in [0.05, 0.1) is 19.5 Å². The van der Waals surface area contributed by atoms with E-state index in [0.717, 1.165) is 47.9 Å². The Labute approximate surface area is 171 Å². The second-order valence-electron chi connectivity index (χ2n) is 8.27. The van der Waals surface area contributed by atoms with Crippen LogP contribution in [0.3, 0.4) is 0 Å². The Morgan fingerprint density at radius 3 is 2.69 bits per heavy atom. The molecule has 1 saturated heterocycles. The first-order valence-corrected chi connectivity index (χ1v) is 10.5. The van der Waals surface area contributed by atoms with Crippen molar-refractivity contribution in [1.82, 2.24) is 19.5 Å². The summed E-state index contributed by atoms with van der Waals surface area (Å²) in [6.07, 6.45) is 7.33. The highest BCUT2D eigenvalue weighted by Gasteiger charge is 2.24. The fraction of sp³-hybridized carbons (Fsp3) is 0.435. The van der Waals surface area contributed by atoms with Gasteiger partial charge in [-0.05, 0) is 30.4 Å². The van der Waals surface area contributed by atoms with Gasteiger partial charge in [-0.3, -0.25) is 0 Å². The summed E-state index contributed by atoms with van der Waals surface area (Å²) in [5.74, 6) is 1.26. The summed E-state index contributed by atoms with van der Waals surface area (Å²) in [6, 6.07) is 6.78. The summed E-state index contributed by atoms with van der Waals surface area (Å²) in [5.41, 5.74) is 6.46. The second-order valence-corrected chi connectivity index (χ2v) is 8.27. The number of anilines is 1. The van der Waals surface area contributed by atoms with Crippen molar-refractivity contribution in [2.24, 2.45) is 5.92 Å². The zero-order valence-electron chi connectivity index (χ0n) is 17.3. The third kappa shape index (κ3) is 3.12. The first kappa shape index (κ1) is 18.3. The maximum Gasteiger partial charge on any atom is 0.228 e. The maximum absolute atomic E-state index is 5.54. The van der Waals surface area contributed by atoms with E-state index < -0.39 is 0 Å². The lowest BCUT2D eigenvalue weighted by Gasteiger charge is -2.27. The highest BCUT2D eigenvalue weighted by Crippen LogP contribution is 2.35. The van der Waals surface area contributed by atoms with Crippen LogP contribution in [-0.4, -0.2) is 45.8 Å². The molecule has 1 atom stereocenters. The predicted octanol–water partition coefficient (Wildman–Crippen LogP) is 4.12. The van der Waals surface area contributed by atoms with Crippen LogP contribution in [-0.2, 0) is 11.2 Å². The summed E-state index contributed by atoms with van der Waals surface area (Å²) in [5, 5.41) is 0. The van der Waals surface area contributed by atoms with Gasteiger partial charge in [0.25, 0.3) is 0 Å². The van der Waals surface area contributed by atoms with Crippen molar-refractivity contribution in [3.05, 3.63) is 41.7 Å². The summed E-state index contributed by atoms with van der Waals surface area (Å²) in [6.45, 7) is 9.73. The van der Waals surface area contributed by atoms with Crippen LogP contribution < -0.4 is 4.90 Å². The first-order chi connectivity index (χ1) is 14.1. The molecule has 1 fully saturated rings. The molecule has 0 bridgehead atoms. The van der Waals surface area contributed by atoms with Gasteiger partial charge in [0.1, 0.15) is 11.2 Å². The highest BCUT2D eigenvalue weighted by molar-refractivity contribution is 5.92. The van der Waals surface area contributed by atoms with Crippen molar-refractivity contribution in [2.45, 2.75) is 33.2 Å². The molecule has 3 heterocycles. The van der Waals surface area contributed by atoms with E-state index in [1.165, 1.54) is 11.1 Å². The Morgan fingerprint density at radius 2 is 1.90 bits per heavy atom. The van der Waals surface area contributed by atoms with Gasteiger partial charge in [-0.15, -0.1) is 0 Å². The van der Waals surface area contributed by atoms with Gasteiger partial charge in [-0.25, -0.2) is 9.97 Å². The molecule has 6 nitrogen and oxygen atoms in total. The normalized spacial score (nSPS) is 17.3. The number of rotatable bonds is 4. The van der Waals surface area contributed by atoms with Crippen molar-refractivity contribution in [3.63, 3.8) is 0 Å². The Morgan fingerprint density at radius 1 is 1.07 bits per heavy atom. The SMILES string of the molecule is CC(C)C(C)n1cnc2c(-c3cccc4c3C=CC4)nc(N3CCOCC3)nc21. The molecule has 1 aromatic carbocycles. The number of imidazole rings is 1. The molecule has 0 N–H and O–H groups in total. The Hall–Kier alpha value is -2.73. The molecule has 0 amide bonds. The van der Waals surface area contributed by atoms with Crippen molar-refractivity contribution in [2.75, 3.05) is 31.2 Å². The fourth-order valence-corrected chi connectivity index (χ4v) is 4.11. The fourth-order valence-electron chi connectivity index (χ4n) is 4.11. The maximum atomic E-state index is 5.54. The van der Waals surface area contributed by atoms with E-state index in [2.05, 4.69) is 60.6 Å². The van der Waals surface area contributed by atoms with Crippen molar-refractivity contribution in [3.8, 4) is 11.3 Å². The molecular weight excluding hydrogens is 362 g/mol. The van der Waals surface area contributed by atoms with Crippen molar-refractivity contribution >= 4 is 23.2 Å². The van der Waals surface area contributed by atoms with Crippen LogP contribution in [0.1, 0.15) is 37.9 Å². The first-order valence-electron chi connectivity index (χ1n) is 10.5. The molecule has 29 heavy (non-hydrogen) atoms. The minimum Gasteiger partial charge on any atom is -0.378 e. The van der Waals surface area contributed by atoms with Crippen LogP contribution in [0.25, 0.3) is 28.5 Å². The van der Waals surface area contributed by atoms with E-state index in [-0.39, 0.29) is 0 Å². The highest BCUT2D eigenvalue weighted by atomic mass is 16.5. The van der Waals surface area contributed by atoms with E-state index >= 15 is 0 Å². The molecule has 0 saturated carbocycles. The molecule has 1 aliphatic heterocycles. The Kier molecular flexibility index (Phi) is 4.59. The van der Waals surface area contributed by atoms with Crippen LogP contribution in [0.5, 0.6) is 0 Å². The van der Waals surface area contributed by atoms with Gasteiger partial charge >= 0.3 is 0 Å². The van der Waals surface area contributed by atoms with Crippen molar-refractivity contribution < 1.29 is 4.74 Å². The van der Waals surface area contributed by atoms with Crippen molar-refractivity contribution in [1.29, 1.82) is 0 Å². The quantitative estimate of drug-likeness (QED) is 0.672. The molecule has 6 heteroatoms. The molecule has 0 radical (unpaired) electrons. The number of hydrogen-bond donors (Lipinski definition) is 0. The molecule has 5 rings (SSSR count). The average molecular weight is 390 g/mol. The van der Waals surface area contributed by atoms with Crippen LogP contribution >= 0.6 is 0 Å². The number of benzene rings is 1. The summed E-state index contributed by atoms with van der Waals surface area (Å²) in [4.78, 5) is 17.0. The third-order valence-corrected chi connectivity index (χ3v) is 6.18. The van der Waals surface area contributed by atoms with E-state index in [0.29, 0.717) is 25.2 Å². The zero-order chi connectivity index (χ0) is 20.0.